The molecule has 0 aliphatic heterocycles. The summed E-state index contributed by atoms with van der Waals surface area (Å²) in [6, 6.07) is 6.87. The van der Waals surface area contributed by atoms with E-state index < -0.39 is 0 Å². The molecule has 1 aromatic carbocycles. The van der Waals surface area contributed by atoms with Crippen molar-refractivity contribution < 1.29 is 9.18 Å². The van der Waals surface area contributed by atoms with E-state index in [9.17, 15) is 9.18 Å². The van der Waals surface area contributed by atoms with E-state index in [1.807, 2.05) is 6.92 Å². The molecule has 0 unspecified atom stereocenters. The SMILES string of the molecule is C[C@@H](NC1C2CC3CC(C2)CC1C3)C(=O)NCCc1ccc(F)cc1. The Labute approximate surface area is 149 Å². The van der Waals surface area contributed by atoms with Crippen molar-refractivity contribution in [3.05, 3.63) is 35.6 Å². The molecular weight excluding hydrogens is 315 g/mol. The Morgan fingerprint density at radius 1 is 1.08 bits per heavy atom. The highest BCUT2D eigenvalue weighted by molar-refractivity contribution is 5.81. The Kier molecular flexibility index (Phi) is 4.81. The van der Waals surface area contributed by atoms with E-state index in [4.69, 9.17) is 0 Å². The standard InChI is InChI=1S/C21H29FN2O/c1-13(21(25)23-7-6-14-2-4-19(22)5-3-14)24-20-17-9-15-8-16(11-17)12-18(20)10-15/h2-5,13,15-18,20,24H,6-12H2,1H3,(H,23,25)/t13-,15?,16?,17?,18?,20?/m1/s1. The van der Waals surface area contributed by atoms with Gasteiger partial charge in [0, 0.05) is 12.6 Å². The van der Waals surface area contributed by atoms with Gasteiger partial charge in [0.1, 0.15) is 5.82 Å². The molecule has 4 saturated carbocycles. The Morgan fingerprint density at radius 2 is 1.68 bits per heavy atom. The quantitative estimate of drug-likeness (QED) is 0.831. The monoisotopic (exact) mass is 344 g/mol. The van der Waals surface area contributed by atoms with Gasteiger partial charge in [-0.1, -0.05) is 12.1 Å². The molecule has 0 heterocycles. The zero-order valence-corrected chi connectivity index (χ0v) is 15.0. The van der Waals surface area contributed by atoms with E-state index in [1.54, 1.807) is 12.1 Å². The minimum absolute atomic E-state index is 0.0796. The highest BCUT2D eigenvalue weighted by Gasteiger charge is 2.48. The van der Waals surface area contributed by atoms with Gasteiger partial charge in [-0.3, -0.25) is 4.79 Å². The van der Waals surface area contributed by atoms with Crippen molar-refractivity contribution in [1.29, 1.82) is 0 Å². The fraction of sp³-hybridized carbons (Fsp3) is 0.667. The van der Waals surface area contributed by atoms with Crippen molar-refractivity contribution in [3.63, 3.8) is 0 Å². The molecule has 4 aliphatic carbocycles. The normalized spacial score (nSPS) is 34.1. The highest BCUT2D eigenvalue weighted by Crippen LogP contribution is 2.53. The van der Waals surface area contributed by atoms with Gasteiger partial charge in [-0.05, 0) is 86.8 Å². The topological polar surface area (TPSA) is 41.1 Å². The van der Waals surface area contributed by atoms with Gasteiger partial charge in [0.05, 0.1) is 6.04 Å². The first-order chi connectivity index (χ1) is 12.1. The van der Waals surface area contributed by atoms with Crippen LogP contribution >= 0.6 is 0 Å². The van der Waals surface area contributed by atoms with Crippen molar-refractivity contribution in [2.24, 2.45) is 23.7 Å². The summed E-state index contributed by atoms with van der Waals surface area (Å²) in [5.74, 6) is 3.34. The number of hydrogen-bond acceptors (Lipinski definition) is 2. The summed E-state index contributed by atoms with van der Waals surface area (Å²) in [6.07, 6.45) is 7.65. The summed E-state index contributed by atoms with van der Waals surface area (Å²) >= 11 is 0. The average Bonchev–Trinajstić information content (AvgIpc) is 2.59. The molecule has 136 valence electrons. The van der Waals surface area contributed by atoms with E-state index in [-0.39, 0.29) is 17.8 Å². The minimum Gasteiger partial charge on any atom is -0.354 e. The lowest BCUT2D eigenvalue weighted by atomic mass is 9.54. The minimum atomic E-state index is -0.221. The summed E-state index contributed by atoms with van der Waals surface area (Å²) in [5, 5.41) is 6.68. The molecule has 4 heteroatoms. The van der Waals surface area contributed by atoms with Gasteiger partial charge < -0.3 is 10.6 Å². The molecule has 4 fully saturated rings. The lowest BCUT2D eigenvalue weighted by Gasteiger charge is -2.55. The molecule has 0 radical (unpaired) electrons. The Balaban J connectivity index is 1.24. The highest BCUT2D eigenvalue weighted by atomic mass is 19.1. The van der Waals surface area contributed by atoms with E-state index in [0.29, 0.717) is 12.6 Å². The summed E-state index contributed by atoms with van der Waals surface area (Å²) in [4.78, 5) is 12.4. The molecule has 3 nitrogen and oxygen atoms in total. The number of carbonyl (C=O) groups is 1. The second-order valence-electron chi connectivity index (χ2n) is 8.51. The van der Waals surface area contributed by atoms with Crippen LogP contribution in [0.25, 0.3) is 0 Å². The van der Waals surface area contributed by atoms with Crippen LogP contribution in [-0.4, -0.2) is 24.5 Å². The molecule has 0 spiro atoms. The van der Waals surface area contributed by atoms with Crippen molar-refractivity contribution in [1.82, 2.24) is 10.6 Å². The summed E-state index contributed by atoms with van der Waals surface area (Å²) in [7, 11) is 0. The summed E-state index contributed by atoms with van der Waals surface area (Å²) in [6.45, 7) is 2.58. The fourth-order valence-electron chi connectivity index (χ4n) is 5.70. The van der Waals surface area contributed by atoms with E-state index in [1.165, 1.54) is 44.2 Å². The maximum Gasteiger partial charge on any atom is 0.236 e. The molecule has 4 aliphatic rings. The number of amides is 1. The van der Waals surface area contributed by atoms with E-state index in [0.717, 1.165) is 35.7 Å². The van der Waals surface area contributed by atoms with E-state index in [2.05, 4.69) is 10.6 Å². The number of halogens is 1. The summed E-state index contributed by atoms with van der Waals surface area (Å²) in [5.41, 5.74) is 1.04. The zero-order valence-electron chi connectivity index (χ0n) is 15.0. The molecule has 1 aromatic rings. The predicted molar refractivity (Wildman–Crippen MR) is 96.5 cm³/mol. The molecule has 2 N–H and O–H groups in total. The lowest BCUT2D eigenvalue weighted by molar-refractivity contribution is -0.123. The maximum absolute atomic E-state index is 12.9. The van der Waals surface area contributed by atoms with Crippen LogP contribution in [0.2, 0.25) is 0 Å². The molecule has 1 amide bonds. The van der Waals surface area contributed by atoms with Crippen molar-refractivity contribution >= 4 is 5.91 Å². The number of rotatable bonds is 6. The Hall–Kier alpha value is -1.42. The molecule has 25 heavy (non-hydrogen) atoms. The van der Waals surface area contributed by atoms with E-state index >= 15 is 0 Å². The van der Waals surface area contributed by atoms with Crippen molar-refractivity contribution in [2.75, 3.05) is 6.54 Å². The number of hydrogen-bond donors (Lipinski definition) is 2. The van der Waals surface area contributed by atoms with Crippen LogP contribution in [0.15, 0.2) is 24.3 Å². The van der Waals surface area contributed by atoms with Crippen LogP contribution in [0.3, 0.4) is 0 Å². The zero-order chi connectivity index (χ0) is 17.4. The number of carbonyl (C=O) groups excluding carboxylic acids is 1. The molecule has 0 aromatic heterocycles. The third kappa shape index (κ3) is 3.74. The number of benzene rings is 1. The second-order valence-corrected chi connectivity index (χ2v) is 8.51. The van der Waals surface area contributed by atoms with Crippen molar-refractivity contribution in [2.45, 2.75) is 57.5 Å². The van der Waals surface area contributed by atoms with Crippen molar-refractivity contribution in [3.8, 4) is 0 Å². The Morgan fingerprint density at radius 3 is 2.28 bits per heavy atom. The molecule has 4 bridgehead atoms. The second kappa shape index (κ2) is 7.06. The average molecular weight is 344 g/mol. The fourth-order valence-corrected chi connectivity index (χ4v) is 5.70. The lowest BCUT2D eigenvalue weighted by Crippen LogP contribution is -2.58. The van der Waals surface area contributed by atoms with Gasteiger partial charge in [0.2, 0.25) is 5.91 Å². The van der Waals surface area contributed by atoms with Gasteiger partial charge in [-0.25, -0.2) is 4.39 Å². The molecule has 1 atom stereocenters. The molecule has 0 saturated heterocycles. The van der Waals surface area contributed by atoms with Crippen LogP contribution in [0.1, 0.15) is 44.6 Å². The largest absolute Gasteiger partial charge is 0.354 e. The first kappa shape index (κ1) is 17.0. The first-order valence-electron chi connectivity index (χ1n) is 9.86. The van der Waals surface area contributed by atoms with Crippen LogP contribution in [0.4, 0.5) is 4.39 Å². The van der Waals surface area contributed by atoms with Crippen LogP contribution in [0, 0.1) is 29.5 Å². The first-order valence-corrected chi connectivity index (χ1v) is 9.86. The predicted octanol–water partition coefficient (Wildman–Crippen LogP) is 3.29. The smallest absolute Gasteiger partial charge is 0.236 e. The third-order valence-electron chi connectivity index (χ3n) is 6.69. The van der Waals surface area contributed by atoms with Gasteiger partial charge in [-0.15, -0.1) is 0 Å². The van der Waals surface area contributed by atoms with Gasteiger partial charge in [0.15, 0.2) is 0 Å². The third-order valence-corrected chi connectivity index (χ3v) is 6.69. The Bertz CT molecular complexity index is 587. The van der Waals surface area contributed by atoms with Crippen LogP contribution in [0.5, 0.6) is 0 Å². The summed E-state index contributed by atoms with van der Waals surface area (Å²) < 4.78 is 12.9. The molecular formula is C21H29FN2O. The van der Waals surface area contributed by atoms with Crippen LogP contribution < -0.4 is 10.6 Å². The molecule has 5 rings (SSSR count). The van der Waals surface area contributed by atoms with Gasteiger partial charge in [-0.2, -0.15) is 0 Å². The maximum atomic E-state index is 12.9. The van der Waals surface area contributed by atoms with Crippen LogP contribution in [-0.2, 0) is 11.2 Å². The van der Waals surface area contributed by atoms with Gasteiger partial charge in [0.25, 0.3) is 0 Å². The van der Waals surface area contributed by atoms with Gasteiger partial charge >= 0.3 is 0 Å². The number of nitrogens with one attached hydrogen (secondary N) is 2.